The van der Waals surface area contributed by atoms with Crippen LogP contribution in [0.3, 0.4) is 0 Å². The van der Waals surface area contributed by atoms with Crippen LogP contribution >= 0.6 is 0 Å². The van der Waals surface area contributed by atoms with E-state index in [1.807, 2.05) is 0 Å². The van der Waals surface area contributed by atoms with E-state index in [1.54, 1.807) is 0 Å². The van der Waals surface area contributed by atoms with Gasteiger partial charge in [0.15, 0.2) is 0 Å². The Kier molecular flexibility index (Phi) is 7.44. The molecule has 2 aliphatic heterocycles. The van der Waals surface area contributed by atoms with E-state index < -0.39 is 0 Å². The smallest absolute Gasteiger partial charge is 0.0702 e. The third-order valence-corrected chi connectivity index (χ3v) is 4.75. The Balaban J connectivity index is 1.87. The highest BCUT2D eigenvalue weighted by molar-refractivity contribution is 4.89. The summed E-state index contributed by atoms with van der Waals surface area (Å²) < 4.78 is 11.7. The monoisotopic (exact) mass is 298 g/mol. The highest BCUT2D eigenvalue weighted by Crippen LogP contribution is 2.30. The lowest BCUT2D eigenvalue weighted by atomic mass is 9.81. The summed E-state index contributed by atoms with van der Waals surface area (Å²) in [5.74, 6) is 0. The molecule has 0 spiro atoms. The first-order valence-corrected chi connectivity index (χ1v) is 8.90. The largest absolute Gasteiger partial charge is 0.381 e. The summed E-state index contributed by atoms with van der Waals surface area (Å²) in [4.78, 5) is 2.62. The van der Waals surface area contributed by atoms with E-state index in [1.165, 1.54) is 38.6 Å². The van der Waals surface area contributed by atoms with Gasteiger partial charge in [0, 0.05) is 38.3 Å². The van der Waals surface area contributed by atoms with Gasteiger partial charge in [0.05, 0.1) is 12.7 Å². The van der Waals surface area contributed by atoms with Crippen LogP contribution in [-0.4, -0.2) is 63.5 Å². The van der Waals surface area contributed by atoms with E-state index in [0.717, 1.165) is 46.0 Å². The lowest BCUT2D eigenvalue weighted by Gasteiger charge is -2.43. The van der Waals surface area contributed by atoms with Gasteiger partial charge >= 0.3 is 0 Å². The molecule has 0 bridgehead atoms. The van der Waals surface area contributed by atoms with Crippen LogP contribution in [0.2, 0.25) is 0 Å². The normalized spacial score (nSPS) is 31.4. The van der Waals surface area contributed by atoms with Crippen LogP contribution in [0.1, 0.15) is 46.0 Å². The summed E-state index contributed by atoms with van der Waals surface area (Å²) in [5.41, 5.74) is 0.307. The molecular weight excluding hydrogens is 264 g/mol. The third kappa shape index (κ3) is 5.51. The predicted molar refractivity (Wildman–Crippen MR) is 86.7 cm³/mol. The molecule has 1 N–H and O–H groups in total. The summed E-state index contributed by atoms with van der Waals surface area (Å²) in [5, 5.41) is 3.63. The summed E-state index contributed by atoms with van der Waals surface area (Å²) in [6.07, 6.45) is 6.63. The molecule has 0 radical (unpaired) electrons. The molecule has 124 valence electrons. The molecule has 0 aromatic carbocycles. The summed E-state index contributed by atoms with van der Waals surface area (Å²) in [6, 6.07) is 0. The molecule has 0 saturated carbocycles. The number of rotatable bonds is 8. The summed E-state index contributed by atoms with van der Waals surface area (Å²) in [7, 11) is 0. The number of nitrogens with one attached hydrogen (secondary N) is 1. The SMILES string of the molecule is CCCNCC1(CN2CCCC(OCC)C2)CCCOC1. The van der Waals surface area contributed by atoms with Crippen LogP contribution < -0.4 is 5.32 Å². The molecule has 0 aromatic heterocycles. The maximum atomic E-state index is 5.85. The van der Waals surface area contributed by atoms with Crippen molar-refractivity contribution in [2.45, 2.75) is 52.1 Å². The van der Waals surface area contributed by atoms with Crippen molar-refractivity contribution in [1.29, 1.82) is 0 Å². The second-order valence-corrected chi connectivity index (χ2v) is 6.79. The van der Waals surface area contributed by atoms with Gasteiger partial charge in [0.1, 0.15) is 0 Å². The number of piperidine rings is 1. The average molecular weight is 298 g/mol. The summed E-state index contributed by atoms with van der Waals surface area (Å²) in [6.45, 7) is 12.7. The maximum absolute atomic E-state index is 5.85. The van der Waals surface area contributed by atoms with E-state index in [9.17, 15) is 0 Å². The molecule has 4 heteroatoms. The molecule has 0 aromatic rings. The first-order chi connectivity index (χ1) is 10.3. The molecule has 0 amide bonds. The zero-order valence-corrected chi connectivity index (χ0v) is 14.0. The molecule has 0 aliphatic carbocycles. The predicted octanol–water partition coefficient (Wildman–Crippen LogP) is 2.28. The second-order valence-electron chi connectivity index (χ2n) is 6.79. The van der Waals surface area contributed by atoms with Crippen LogP contribution in [-0.2, 0) is 9.47 Å². The first-order valence-electron chi connectivity index (χ1n) is 8.90. The van der Waals surface area contributed by atoms with E-state index >= 15 is 0 Å². The van der Waals surface area contributed by atoms with Gasteiger partial charge in [0.25, 0.3) is 0 Å². The Bertz CT molecular complexity index is 278. The van der Waals surface area contributed by atoms with Gasteiger partial charge in [-0.1, -0.05) is 6.92 Å². The van der Waals surface area contributed by atoms with Crippen molar-refractivity contribution in [1.82, 2.24) is 10.2 Å². The van der Waals surface area contributed by atoms with Crippen LogP contribution in [0.25, 0.3) is 0 Å². The molecule has 2 aliphatic rings. The number of ether oxygens (including phenoxy) is 2. The fourth-order valence-electron chi connectivity index (χ4n) is 3.76. The Hall–Kier alpha value is -0.160. The highest BCUT2D eigenvalue weighted by Gasteiger charge is 2.35. The lowest BCUT2D eigenvalue weighted by Crippen LogP contribution is -2.52. The standard InChI is InChI=1S/C17H34N2O2/c1-3-9-18-13-17(8-6-11-20-15-17)14-19-10-5-7-16(12-19)21-4-2/h16,18H,3-15H2,1-2H3. The zero-order chi connectivity index (χ0) is 15.0. The van der Waals surface area contributed by atoms with E-state index in [0.29, 0.717) is 11.5 Å². The fourth-order valence-corrected chi connectivity index (χ4v) is 3.76. The molecule has 2 atom stereocenters. The maximum Gasteiger partial charge on any atom is 0.0702 e. The third-order valence-electron chi connectivity index (χ3n) is 4.75. The van der Waals surface area contributed by atoms with Crippen LogP contribution in [0.15, 0.2) is 0 Å². The van der Waals surface area contributed by atoms with Crippen molar-refractivity contribution >= 4 is 0 Å². The fraction of sp³-hybridized carbons (Fsp3) is 1.00. The van der Waals surface area contributed by atoms with E-state index in [2.05, 4.69) is 24.1 Å². The van der Waals surface area contributed by atoms with Crippen LogP contribution in [0.4, 0.5) is 0 Å². The molecule has 2 unspecified atom stereocenters. The first kappa shape index (κ1) is 17.2. The van der Waals surface area contributed by atoms with Crippen LogP contribution in [0, 0.1) is 5.41 Å². The highest BCUT2D eigenvalue weighted by atomic mass is 16.5. The van der Waals surface area contributed by atoms with E-state index in [4.69, 9.17) is 9.47 Å². The minimum Gasteiger partial charge on any atom is -0.381 e. The van der Waals surface area contributed by atoms with Crippen molar-refractivity contribution in [3.05, 3.63) is 0 Å². The van der Waals surface area contributed by atoms with Crippen LogP contribution in [0.5, 0.6) is 0 Å². The van der Waals surface area contributed by atoms with Gasteiger partial charge in [-0.3, -0.25) is 0 Å². The topological polar surface area (TPSA) is 33.7 Å². The number of likely N-dealkylation sites (tertiary alicyclic amines) is 1. The minimum absolute atomic E-state index is 0.307. The van der Waals surface area contributed by atoms with Crippen molar-refractivity contribution in [3.63, 3.8) is 0 Å². The van der Waals surface area contributed by atoms with Crippen molar-refractivity contribution in [3.8, 4) is 0 Å². The number of nitrogens with zero attached hydrogens (tertiary/aromatic N) is 1. The van der Waals surface area contributed by atoms with E-state index in [-0.39, 0.29) is 0 Å². The molecule has 2 saturated heterocycles. The Labute approximate surface area is 130 Å². The minimum atomic E-state index is 0.307. The molecule has 2 fully saturated rings. The molecule has 4 nitrogen and oxygen atoms in total. The van der Waals surface area contributed by atoms with Gasteiger partial charge < -0.3 is 19.7 Å². The Morgan fingerprint density at radius 3 is 2.95 bits per heavy atom. The Morgan fingerprint density at radius 2 is 2.24 bits per heavy atom. The molecule has 21 heavy (non-hydrogen) atoms. The Morgan fingerprint density at radius 1 is 1.33 bits per heavy atom. The lowest BCUT2D eigenvalue weighted by molar-refractivity contribution is -0.0488. The molecular formula is C17H34N2O2. The van der Waals surface area contributed by atoms with Gasteiger partial charge in [-0.15, -0.1) is 0 Å². The van der Waals surface area contributed by atoms with Gasteiger partial charge in [-0.25, -0.2) is 0 Å². The van der Waals surface area contributed by atoms with Crippen molar-refractivity contribution in [2.24, 2.45) is 5.41 Å². The number of hydrogen-bond donors (Lipinski definition) is 1. The van der Waals surface area contributed by atoms with Gasteiger partial charge in [-0.2, -0.15) is 0 Å². The van der Waals surface area contributed by atoms with Crippen molar-refractivity contribution in [2.75, 3.05) is 52.5 Å². The molecule has 2 rings (SSSR count). The molecule has 2 heterocycles. The average Bonchev–Trinajstić information content (AvgIpc) is 2.49. The summed E-state index contributed by atoms with van der Waals surface area (Å²) >= 11 is 0. The second kappa shape index (κ2) is 9.09. The quantitative estimate of drug-likeness (QED) is 0.697. The van der Waals surface area contributed by atoms with Gasteiger partial charge in [0.2, 0.25) is 0 Å². The van der Waals surface area contributed by atoms with Crippen molar-refractivity contribution < 1.29 is 9.47 Å². The number of hydrogen-bond acceptors (Lipinski definition) is 4. The van der Waals surface area contributed by atoms with Gasteiger partial charge in [-0.05, 0) is 52.1 Å². The zero-order valence-electron chi connectivity index (χ0n) is 14.0.